The summed E-state index contributed by atoms with van der Waals surface area (Å²) in [6.07, 6.45) is 1.68. The van der Waals surface area contributed by atoms with Crippen LogP contribution in [0.2, 0.25) is 0 Å². The van der Waals surface area contributed by atoms with E-state index >= 15 is 4.39 Å². The zero-order chi connectivity index (χ0) is 38.0. The second-order valence-electron chi connectivity index (χ2n) is 15.1. The lowest BCUT2D eigenvalue weighted by Gasteiger charge is -2.74. The number of carbonyl (C=O) groups is 4. The summed E-state index contributed by atoms with van der Waals surface area (Å²) in [6.45, 7) is 5.10. The van der Waals surface area contributed by atoms with Crippen LogP contribution in [0.1, 0.15) is 71.6 Å². The van der Waals surface area contributed by atoms with Gasteiger partial charge in [0.2, 0.25) is 11.8 Å². The third-order valence-corrected chi connectivity index (χ3v) is 11.8. The molecule has 4 amide bonds. The van der Waals surface area contributed by atoms with Crippen molar-refractivity contribution in [3.8, 4) is 0 Å². The monoisotopic (exact) mass is 752 g/mol. The molecular weight excluding hydrogens is 712 g/mol. The number of hydrogen-bond donors (Lipinski definition) is 4. The van der Waals surface area contributed by atoms with Gasteiger partial charge in [0.05, 0.1) is 23.1 Å². The van der Waals surface area contributed by atoms with Gasteiger partial charge in [-0.15, -0.1) is 0 Å². The number of nitrogens with one attached hydrogen (secondary N) is 3. The number of primary amides is 1. The molecule has 5 heterocycles. The highest BCUT2D eigenvalue weighted by atomic mass is 19.4. The summed E-state index contributed by atoms with van der Waals surface area (Å²) in [7, 11) is 0. The second kappa shape index (κ2) is 13.3. The van der Waals surface area contributed by atoms with E-state index in [1.807, 2.05) is 0 Å². The first-order chi connectivity index (χ1) is 25.7. The number of benzene rings is 1. The molecule has 0 spiro atoms. The first kappa shape index (κ1) is 35.9. The van der Waals surface area contributed by atoms with Crippen molar-refractivity contribution in [2.45, 2.75) is 74.3 Å². The average molecular weight is 753 g/mol. The molecule has 1 unspecified atom stereocenters. The lowest BCUT2D eigenvalue weighted by atomic mass is 9.43. The fraction of sp³-hybridized carbons (Fsp3) is 0.500. The van der Waals surface area contributed by atoms with Crippen LogP contribution in [0.25, 0.3) is 0 Å². The fourth-order valence-corrected chi connectivity index (χ4v) is 8.98. The Morgan fingerprint density at radius 3 is 2.31 bits per heavy atom. The number of imide groups is 1. The standard InChI is InChI=1S/C36H40F4N10O4/c37-23-16-21(42-25-5-7-29(51)45-33(25)54)4-6-27(23)48-10-8-22(9-11-48)47-12-14-49(15-13-47)34-18-35(19-34,20-34)50-17-26(30(46-50)31(41)52)44-32(53)24-2-1-3-28(43-24)36(38,39)40/h1-4,6,16-17,22,25,42H,5,7-15,18-20H2,(H2,41,52)(H,44,53)(H,45,51,54). The minimum Gasteiger partial charge on any atom is -0.374 e. The van der Waals surface area contributed by atoms with Crippen LogP contribution in [-0.2, 0) is 21.3 Å². The number of rotatable bonds is 9. The van der Waals surface area contributed by atoms with E-state index in [1.165, 1.54) is 12.3 Å². The number of pyridine rings is 1. The van der Waals surface area contributed by atoms with Gasteiger partial charge in [-0.25, -0.2) is 9.37 Å². The molecule has 5 N–H and O–H groups in total. The largest absolute Gasteiger partial charge is 0.433 e. The van der Waals surface area contributed by atoms with E-state index in [0.29, 0.717) is 23.8 Å². The third-order valence-electron chi connectivity index (χ3n) is 11.8. The van der Waals surface area contributed by atoms with E-state index in [4.69, 9.17) is 5.73 Å². The molecule has 3 aliphatic heterocycles. The molecular formula is C36H40F4N10O4. The van der Waals surface area contributed by atoms with Crippen LogP contribution in [0.15, 0.2) is 42.6 Å². The topological polar surface area (TPSA) is 171 Å². The summed E-state index contributed by atoms with van der Waals surface area (Å²) >= 11 is 0. The molecule has 14 nitrogen and oxygen atoms in total. The predicted molar refractivity (Wildman–Crippen MR) is 187 cm³/mol. The first-order valence-electron chi connectivity index (χ1n) is 18.1. The Kier molecular flexibility index (Phi) is 8.86. The summed E-state index contributed by atoms with van der Waals surface area (Å²) in [4.78, 5) is 59.1. The number of hydrogen-bond acceptors (Lipinski definition) is 10. The highest BCUT2D eigenvalue weighted by Crippen LogP contribution is 2.68. The molecule has 1 atom stereocenters. The number of piperidine rings is 2. The highest BCUT2D eigenvalue weighted by Gasteiger charge is 2.72. The maximum Gasteiger partial charge on any atom is 0.433 e. The normalized spacial score (nSPS) is 26.4. The quantitative estimate of drug-likeness (QED) is 0.188. The molecule has 1 aromatic carbocycles. The highest BCUT2D eigenvalue weighted by molar-refractivity contribution is 6.07. The van der Waals surface area contributed by atoms with Gasteiger partial charge in [-0.1, -0.05) is 6.07 Å². The van der Waals surface area contributed by atoms with Crippen molar-refractivity contribution in [3.05, 3.63) is 65.5 Å². The van der Waals surface area contributed by atoms with Gasteiger partial charge >= 0.3 is 6.18 Å². The molecule has 0 radical (unpaired) electrons. The molecule has 3 aromatic rings. The molecule has 6 aliphatic rings. The van der Waals surface area contributed by atoms with Gasteiger partial charge in [-0.2, -0.15) is 18.3 Å². The van der Waals surface area contributed by atoms with Crippen LogP contribution in [-0.4, -0.2) is 105 Å². The average Bonchev–Trinajstić information content (AvgIpc) is 3.52. The van der Waals surface area contributed by atoms with Gasteiger partial charge in [0.1, 0.15) is 23.2 Å². The maximum absolute atomic E-state index is 15.2. The van der Waals surface area contributed by atoms with E-state index < -0.39 is 41.3 Å². The van der Waals surface area contributed by atoms with Gasteiger partial charge in [0.25, 0.3) is 11.8 Å². The van der Waals surface area contributed by atoms with Crippen molar-refractivity contribution in [2.24, 2.45) is 5.73 Å². The van der Waals surface area contributed by atoms with Gasteiger partial charge in [-0.05, 0) is 68.9 Å². The summed E-state index contributed by atoms with van der Waals surface area (Å²) in [5, 5.41) is 12.2. The number of anilines is 3. The molecule has 3 aliphatic carbocycles. The molecule has 2 aromatic heterocycles. The molecule has 286 valence electrons. The number of nitrogens with zero attached hydrogens (tertiary/aromatic N) is 6. The van der Waals surface area contributed by atoms with Crippen molar-refractivity contribution in [2.75, 3.05) is 54.8 Å². The van der Waals surface area contributed by atoms with Crippen LogP contribution >= 0.6 is 0 Å². The Morgan fingerprint density at radius 1 is 0.944 bits per heavy atom. The molecule has 2 bridgehead atoms. The molecule has 18 heteroatoms. The van der Waals surface area contributed by atoms with E-state index in [9.17, 15) is 32.3 Å². The van der Waals surface area contributed by atoms with E-state index in [-0.39, 0.29) is 40.6 Å². The summed E-state index contributed by atoms with van der Waals surface area (Å²) < 4.78 is 56.3. The predicted octanol–water partition coefficient (Wildman–Crippen LogP) is 2.92. The number of nitrogens with two attached hydrogens (primary N) is 1. The fourth-order valence-electron chi connectivity index (χ4n) is 8.98. The molecule has 3 saturated carbocycles. The number of halogens is 4. The van der Waals surface area contributed by atoms with Gasteiger partial charge in [0, 0.05) is 63.0 Å². The smallest absolute Gasteiger partial charge is 0.374 e. The summed E-state index contributed by atoms with van der Waals surface area (Å²) in [5.74, 6) is -2.84. The van der Waals surface area contributed by atoms with Crippen molar-refractivity contribution in [1.82, 2.24) is 29.9 Å². The van der Waals surface area contributed by atoms with E-state index in [2.05, 4.69) is 40.7 Å². The zero-order valence-electron chi connectivity index (χ0n) is 29.3. The third kappa shape index (κ3) is 6.54. The zero-order valence-corrected chi connectivity index (χ0v) is 29.3. The van der Waals surface area contributed by atoms with Crippen molar-refractivity contribution >= 4 is 40.7 Å². The second-order valence-corrected chi connectivity index (χ2v) is 15.1. The van der Waals surface area contributed by atoms with E-state index in [0.717, 1.165) is 89.6 Å². The number of carbonyl (C=O) groups excluding carboxylic acids is 4. The lowest BCUT2D eigenvalue weighted by Crippen LogP contribution is -2.80. The van der Waals surface area contributed by atoms with Crippen LogP contribution < -0.4 is 26.6 Å². The lowest BCUT2D eigenvalue weighted by molar-refractivity contribution is -0.218. The molecule has 6 fully saturated rings. The Morgan fingerprint density at radius 2 is 1.67 bits per heavy atom. The van der Waals surface area contributed by atoms with Crippen LogP contribution in [0.5, 0.6) is 0 Å². The number of amides is 4. The molecule has 54 heavy (non-hydrogen) atoms. The first-order valence-corrected chi connectivity index (χ1v) is 18.1. The van der Waals surface area contributed by atoms with Crippen LogP contribution in [0, 0.1) is 5.82 Å². The Labute approximate surface area is 307 Å². The van der Waals surface area contributed by atoms with Crippen molar-refractivity contribution in [1.29, 1.82) is 0 Å². The minimum atomic E-state index is -4.72. The molecule has 9 rings (SSSR count). The van der Waals surface area contributed by atoms with Crippen molar-refractivity contribution in [3.63, 3.8) is 0 Å². The van der Waals surface area contributed by atoms with Gasteiger partial charge < -0.3 is 21.3 Å². The van der Waals surface area contributed by atoms with E-state index in [1.54, 1.807) is 16.8 Å². The Hall–Kier alpha value is -5.10. The number of piperazine rings is 1. The molecule has 3 saturated heterocycles. The Bertz CT molecular complexity index is 1980. The van der Waals surface area contributed by atoms with Gasteiger partial charge in [-0.3, -0.25) is 39.0 Å². The van der Waals surface area contributed by atoms with Crippen LogP contribution in [0.3, 0.4) is 0 Å². The summed E-state index contributed by atoms with van der Waals surface area (Å²) in [5.41, 5.74) is 4.47. The number of aromatic nitrogens is 3. The summed E-state index contributed by atoms with van der Waals surface area (Å²) in [6, 6.07) is 7.75. The van der Waals surface area contributed by atoms with Crippen molar-refractivity contribution < 1.29 is 36.7 Å². The maximum atomic E-state index is 15.2. The number of alkyl halides is 3. The van der Waals surface area contributed by atoms with Gasteiger partial charge in [0.15, 0.2) is 5.69 Å². The van der Waals surface area contributed by atoms with Crippen LogP contribution in [0.4, 0.5) is 34.6 Å². The minimum absolute atomic E-state index is 0.0201. The Balaban J connectivity index is 0.819. The SMILES string of the molecule is NC(=O)c1nn(C23CC(N4CCN(C5CCN(c6ccc(NC7CCC(=O)NC7=O)cc6F)CC5)CC4)(C2)C3)cc1NC(=O)c1cccc(C(F)(F)F)n1.